The molecule has 2 aromatic heterocycles. The van der Waals surface area contributed by atoms with E-state index in [4.69, 9.17) is 11.6 Å². The van der Waals surface area contributed by atoms with Gasteiger partial charge in [0, 0.05) is 41.2 Å². The number of fused-ring (bicyclic) bond motifs is 1. The lowest BCUT2D eigenvalue weighted by Crippen LogP contribution is -2.49. The number of hydrogen-bond donors (Lipinski definition) is 0. The van der Waals surface area contributed by atoms with Gasteiger partial charge in [-0.3, -0.25) is 4.79 Å². The molecule has 1 aliphatic rings. The number of anilines is 1. The lowest BCUT2D eigenvalue weighted by Gasteiger charge is -2.35. The molecule has 3 heterocycles. The van der Waals surface area contributed by atoms with Crippen molar-refractivity contribution in [3.8, 4) is 5.69 Å². The molecule has 1 saturated heterocycles. The van der Waals surface area contributed by atoms with Crippen LogP contribution in [-0.4, -0.2) is 56.7 Å². The molecule has 1 fully saturated rings. The SMILES string of the molecule is O=C(c1cccc(Br)c1)N1CCN(c2ncnc3c2cnn3-c2cccc(Cl)c2)CC1. The van der Waals surface area contributed by atoms with Gasteiger partial charge in [0.25, 0.3) is 5.91 Å². The van der Waals surface area contributed by atoms with Gasteiger partial charge in [-0.05, 0) is 36.4 Å². The molecule has 9 heteroatoms. The number of amides is 1. The number of aromatic nitrogens is 4. The number of halogens is 2. The Morgan fingerprint density at radius 3 is 2.58 bits per heavy atom. The van der Waals surface area contributed by atoms with E-state index in [2.05, 4.69) is 35.9 Å². The molecule has 7 nitrogen and oxygen atoms in total. The molecule has 1 aliphatic heterocycles. The second-order valence-electron chi connectivity index (χ2n) is 7.26. The van der Waals surface area contributed by atoms with Crippen molar-refractivity contribution in [2.24, 2.45) is 0 Å². The molecule has 4 aromatic rings. The van der Waals surface area contributed by atoms with Gasteiger partial charge in [-0.2, -0.15) is 5.10 Å². The number of nitrogens with zero attached hydrogens (tertiary/aromatic N) is 6. The fraction of sp³-hybridized carbons (Fsp3) is 0.182. The van der Waals surface area contributed by atoms with Crippen LogP contribution >= 0.6 is 27.5 Å². The van der Waals surface area contributed by atoms with Crippen LogP contribution in [0, 0.1) is 0 Å². The van der Waals surface area contributed by atoms with Gasteiger partial charge in [0.15, 0.2) is 5.65 Å². The number of carbonyl (C=O) groups excluding carboxylic acids is 1. The molecular weight excluding hydrogens is 480 g/mol. The molecule has 0 aliphatic carbocycles. The molecule has 0 spiro atoms. The average Bonchev–Trinajstić information content (AvgIpc) is 3.23. The smallest absolute Gasteiger partial charge is 0.254 e. The first-order valence-electron chi connectivity index (χ1n) is 9.84. The van der Waals surface area contributed by atoms with Gasteiger partial charge in [0.1, 0.15) is 12.1 Å². The van der Waals surface area contributed by atoms with E-state index in [1.54, 1.807) is 17.2 Å². The molecule has 5 rings (SSSR count). The fourth-order valence-corrected chi connectivity index (χ4v) is 4.39. The van der Waals surface area contributed by atoms with Crippen LogP contribution in [0.5, 0.6) is 0 Å². The first-order chi connectivity index (χ1) is 15.1. The van der Waals surface area contributed by atoms with E-state index in [1.165, 1.54) is 0 Å². The number of hydrogen-bond acceptors (Lipinski definition) is 5. The van der Waals surface area contributed by atoms with Crippen LogP contribution in [0.4, 0.5) is 5.82 Å². The predicted molar refractivity (Wildman–Crippen MR) is 124 cm³/mol. The van der Waals surface area contributed by atoms with Crippen molar-refractivity contribution in [1.82, 2.24) is 24.6 Å². The molecule has 0 unspecified atom stereocenters. The molecule has 0 saturated carbocycles. The van der Waals surface area contributed by atoms with E-state index in [0.29, 0.717) is 36.8 Å². The Kier molecular flexibility index (Phi) is 5.33. The largest absolute Gasteiger partial charge is 0.352 e. The molecular formula is C22H18BrClN6O. The van der Waals surface area contributed by atoms with Crippen LogP contribution in [-0.2, 0) is 0 Å². The van der Waals surface area contributed by atoms with Crippen molar-refractivity contribution in [2.75, 3.05) is 31.1 Å². The lowest BCUT2D eigenvalue weighted by atomic mass is 10.2. The first-order valence-corrected chi connectivity index (χ1v) is 11.0. The maximum Gasteiger partial charge on any atom is 0.254 e. The highest BCUT2D eigenvalue weighted by Gasteiger charge is 2.25. The summed E-state index contributed by atoms with van der Waals surface area (Å²) in [5, 5.41) is 6.02. The van der Waals surface area contributed by atoms with Gasteiger partial charge >= 0.3 is 0 Å². The number of benzene rings is 2. The number of piperazine rings is 1. The predicted octanol–water partition coefficient (Wildman–Crippen LogP) is 4.19. The lowest BCUT2D eigenvalue weighted by molar-refractivity contribution is 0.0746. The Hall–Kier alpha value is -2.97. The number of rotatable bonds is 3. The summed E-state index contributed by atoms with van der Waals surface area (Å²) < 4.78 is 2.66. The molecule has 0 bridgehead atoms. The Morgan fingerprint density at radius 1 is 1.00 bits per heavy atom. The van der Waals surface area contributed by atoms with E-state index in [0.717, 1.165) is 27.0 Å². The number of carbonyl (C=O) groups is 1. The van der Waals surface area contributed by atoms with Crippen molar-refractivity contribution in [3.63, 3.8) is 0 Å². The summed E-state index contributed by atoms with van der Waals surface area (Å²) in [6.45, 7) is 2.63. The Bertz CT molecular complexity index is 1270. The van der Waals surface area contributed by atoms with Gasteiger partial charge in [-0.15, -0.1) is 0 Å². The second kappa shape index (κ2) is 8.28. The molecule has 0 atom stereocenters. The zero-order valence-electron chi connectivity index (χ0n) is 16.4. The van der Waals surface area contributed by atoms with Crippen LogP contribution < -0.4 is 4.90 Å². The van der Waals surface area contributed by atoms with Crippen molar-refractivity contribution in [1.29, 1.82) is 0 Å². The summed E-state index contributed by atoms with van der Waals surface area (Å²) in [5.74, 6) is 0.871. The second-order valence-corrected chi connectivity index (χ2v) is 8.61. The first kappa shape index (κ1) is 20.0. The fourth-order valence-electron chi connectivity index (χ4n) is 3.81. The summed E-state index contributed by atoms with van der Waals surface area (Å²) in [4.78, 5) is 25.9. The minimum absolute atomic E-state index is 0.0440. The molecule has 31 heavy (non-hydrogen) atoms. The molecule has 1 amide bonds. The maximum atomic E-state index is 12.8. The summed E-state index contributed by atoms with van der Waals surface area (Å²) in [6, 6.07) is 15.0. The summed E-state index contributed by atoms with van der Waals surface area (Å²) in [6.07, 6.45) is 3.34. The van der Waals surface area contributed by atoms with Crippen molar-refractivity contribution < 1.29 is 4.79 Å². The highest BCUT2D eigenvalue weighted by Crippen LogP contribution is 2.26. The van der Waals surface area contributed by atoms with Gasteiger partial charge in [-0.1, -0.05) is 39.7 Å². The van der Waals surface area contributed by atoms with Crippen LogP contribution in [0.15, 0.2) is 65.5 Å². The van der Waals surface area contributed by atoms with E-state index >= 15 is 0 Å². The van der Waals surface area contributed by atoms with E-state index in [-0.39, 0.29) is 5.91 Å². The molecule has 156 valence electrons. The van der Waals surface area contributed by atoms with Crippen molar-refractivity contribution in [2.45, 2.75) is 0 Å². The Balaban J connectivity index is 1.37. The van der Waals surface area contributed by atoms with Crippen LogP contribution in [0.2, 0.25) is 5.02 Å². The van der Waals surface area contributed by atoms with E-state index in [1.807, 2.05) is 53.4 Å². The van der Waals surface area contributed by atoms with Gasteiger partial charge < -0.3 is 9.80 Å². The normalized spacial score (nSPS) is 14.3. The average molecular weight is 498 g/mol. The summed E-state index contributed by atoms with van der Waals surface area (Å²) in [5.41, 5.74) is 2.26. The minimum Gasteiger partial charge on any atom is -0.352 e. The third-order valence-electron chi connectivity index (χ3n) is 5.34. The van der Waals surface area contributed by atoms with Crippen LogP contribution in [0.1, 0.15) is 10.4 Å². The van der Waals surface area contributed by atoms with Crippen LogP contribution in [0.25, 0.3) is 16.7 Å². The molecule has 2 aromatic carbocycles. The summed E-state index contributed by atoms with van der Waals surface area (Å²) >= 11 is 9.57. The van der Waals surface area contributed by atoms with Gasteiger partial charge in [-0.25, -0.2) is 14.6 Å². The van der Waals surface area contributed by atoms with E-state index < -0.39 is 0 Å². The maximum absolute atomic E-state index is 12.8. The quantitative estimate of drug-likeness (QED) is 0.424. The van der Waals surface area contributed by atoms with Crippen LogP contribution in [0.3, 0.4) is 0 Å². The van der Waals surface area contributed by atoms with Crippen molar-refractivity contribution in [3.05, 3.63) is 76.1 Å². The van der Waals surface area contributed by atoms with Crippen molar-refractivity contribution >= 4 is 50.3 Å². The van der Waals surface area contributed by atoms with Gasteiger partial charge in [0.05, 0.1) is 17.3 Å². The zero-order valence-corrected chi connectivity index (χ0v) is 18.8. The topological polar surface area (TPSA) is 67.2 Å². The van der Waals surface area contributed by atoms with E-state index in [9.17, 15) is 4.79 Å². The Morgan fingerprint density at radius 2 is 1.81 bits per heavy atom. The molecule has 0 N–H and O–H groups in total. The van der Waals surface area contributed by atoms with Gasteiger partial charge in [0.2, 0.25) is 0 Å². The summed E-state index contributed by atoms with van der Waals surface area (Å²) in [7, 11) is 0. The highest BCUT2D eigenvalue weighted by molar-refractivity contribution is 9.10. The highest BCUT2D eigenvalue weighted by atomic mass is 79.9. The standard InChI is InChI=1S/C22H18BrClN6O/c23-16-4-1-3-15(11-16)22(31)29-9-7-28(8-10-29)20-19-13-27-30(21(19)26-14-25-20)18-6-2-5-17(24)12-18/h1-6,11-14H,7-10H2. The monoisotopic (exact) mass is 496 g/mol. The molecule has 0 radical (unpaired) electrons. The third-order valence-corrected chi connectivity index (χ3v) is 6.06. The Labute approximate surface area is 192 Å². The minimum atomic E-state index is 0.0440. The zero-order chi connectivity index (χ0) is 21.4. The third kappa shape index (κ3) is 3.88.